The Hall–Kier alpha value is -2.63. The second-order valence-corrected chi connectivity index (χ2v) is 8.75. The van der Waals surface area contributed by atoms with Crippen LogP contribution in [0.4, 0.5) is 4.79 Å². The van der Waals surface area contributed by atoms with Gasteiger partial charge in [0, 0.05) is 19.5 Å². The van der Waals surface area contributed by atoms with E-state index in [-0.39, 0.29) is 41.5 Å². The number of nitrogens with one attached hydrogen (secondary N) is 1. The zero-order chi connectivity index (χ0) is 20.0. The fraction of sp³-hybridized carbons (Fsp3) is 0.522. The van der Waals surface area contributed by atoms with Crippen molar-refractivity contribution in [1.29, 1.82) is 0 Å². The number of likely N-dealkylation sites (tertiary alicyclic amines) is 2. The Labute approximate surface area is 170 Å². The summed E-state index contributed by atoms with van der Waals surface area (Å²) in [7, 11) is 0. The molecule has 4 aliphatic rings. The Morgan fingerprint density at radius 1 is 0.966 bits per heavy atom. The number of rotatable bonds is 4. The van der Waals surface area contributed by atoms with Gasteiger partial charge < -0.3 is 10.2 Å². The lowest BCUT2D eigenvalue weighted by Gasteiger charge is -2.33. The minimum absolute atomic E-state index is 0.114. The van der Waals surface area contributed by atoms with Gasteiger partial charge in [0.15, 0.2) is 0 Å². The minimum Gasteiger partial charge on any atom is -0.325 e. The van der Waals surface area contributed by atoms with Gasteiger partial charge in [-0.15, -0.1) is 0 Å². The van der Waals surface area contributed by atoms with E-state index in [1.165, 1.54) is 4.90 Å². The van der Waals surface area contributed by atoms with Crippen molar-refractivity contribution in [2.24, 2.45) is 23.7 Å². The third kappa shape index (κ3) is 3.15. The molecule has 3 fully saturated rings. The molecular formula is C23H27N3O3. The van der Waals surface area contributed by atoms with Crippen molar-refractivity contribution < 1.29 is 14.4 Å². The normalized spacial score (nSPS) is 31.3. The van der Waals surface area contributed by atoms with E-state index in [0.29, 0.717) is 6.42 Å². The summed E-state index contributed by atoms with van der Waals surface area (Å²) in [6.07, 6.45) is 8.02. The lowest BCUT2D eigenvalue weighted by Crippen LogP contribution is -2.56. The van der Waals surface area contributed by atoms with Gasteiger partial charge in [-0.3, -0.25) is 14.5 Å². The van der Waals surface area contributed by atoms with E-state index in [9.17, 15) is 14.4 Å². The van der Waals surface area contributed by atoms with Crippen LogP contribution in [0.3, 0.4) is 0 Å². The largest absolute Gasteiger partial charge is 0.325 e. The van der Waals surface area contributed by atoms with Crippen LogP contribution in [0.25, 0.3) is 0 Å². The number of hydrogen-bond acceptors (Lipinski definition) is 3. The molecule has 1 N–H and O–H groups in total. The first-order valence-electron chi connectivity index (χ1n) is 10.8. The van der Waals surface area contributed by atoms with Crippen LogP contribution >= 0.6 is 0 Å². The van der Waals surface area contributed by atoms with E-state index in [2.05, 4.69) is 17.5 Å². The Balaban J connectivity index is 1.40. The molecule has 5 atom stereocenters. The molecule has 0 spiro atoms. The molecule has 2 heterocycles. The molecule has 2 aliphatic heterocycles. The molecule has 29 heavy (non-hydrogen) atoms. The van der Waals surface area contributed by atoms with Crippen molar-refractivity contribution in [3.8, 4) is 0 Å². The summed E-state index contributed by atoms with van der Waals surface area (Å²) in [4.78, 5) is 42.7. The van der Waals surface area contributed by atoms with Gasteiger partial charge in [-0.2, -0.15) is 0 Å². The van der Waals surface area contributed by atoms with Crippen molar-refractivity contribution in [2.75, 3.05) is 13.1 Å². The smallest absolute Gasteiger partial charge is 0.319 e. The number of piperidine rings is 1. The predicted molar refractivity (Wildman–Crippen MR) is 107 cm³/mol. The molecule has 2 aliphatic carbocycles. The monoisotopic (exact) mass is 393 g/mol. The van der Waals surface area contributed by atoms with Crippen LogP contribution in [0.5, 0.6) is 0 Å². The molecule has 5 rings (SSSR count). The number of carbonyl (C=O) groups is 3. The molecule has 0 radical (unpaired) electrons. The van der Waals surface area contributed by atoms with Crippen molar-refractivity contribution in [2.45, 2.75) is 38.3 Å². The van der Waals surface area contributed by atoms with Gasteiger partial charge in [0.1, 0.15) is 6.17 Å². The molecule has 5 unspecified atom stereocenters. The highest BCUT2D eigenvalue weighted by molar-refractivity contribution is 6.07. The highest BCUT2D eigenvalue weighted by atomic mass is 16.2. The molecule has 6 heteroatoms. The molecule has 1 aromatic carbocycles. The maximum absolute atomic E-state index is 13.3. The Kier molecular flexibility index (Phi) is 4.64. The van der Waals surface area contributed by atoms with E-state index in [4.69, 9.17) is 0 Å². The van der Waals surface area contributed by atoms with Crippen LogP contribution in [0.15, 0.2) is 42.5 Å². The second-order valence-electron chi connectivity index (χ2n) is 8.75. The number of nitrogens with zero attached hydrogens (tertiary/aromatic N) is 2. The number of carbonyl (C=O) groups excluding carboxylic acids is 3. The standard InChI is InChI=1S/C23H27N3O3/c27-21-19-16-9-10-17(14-16)20(19)22(28)26(21)18(13-15-7-3-1-4-8-15)24-23(29)25-11-5-2-6-12-25/h1,3-4,7-10,16-20H,2,5-6,11-14H2,(H,24,29). The van der Waals surface area contributed by atoms with Gasteiger partial charge in [-0.1, -0.05) is 42.5 Å². The van der Waals surface area contributed by atoms with Crippen LogP contribution in [0.1, 0.15) is 31.2 Å². The van der Waals surface area contributed by atoms with Crippen molar-refractivity contribution in [3.05, 3.63) is 48.0 Å². The van der Waals surface area contributed by atoms with Crippen molar-refractivity contribution in [1.82, 2.24) is 15.1 Å². The maximum Gasteiger partial charge on any atom is 0.319 e. The van der Waals surface area contributed by atoms with Crippen molar-refractivity contribution in [3.63, 3.8) is 0 Å². The summed E-state index contributed by atoms with van der Waals surface area (Å²) < 4.78 is 0. The first-order valence-corrected chi connectivity index (χ1v) is 10.8. The Morgan fingerprint density at radius 2 is 1.59 bits per heavy atom. The summed E-state index contributed by atoms with van der Waals surface area (Å²) in [5, 5.41) is 3.03. The van der Waals surface area contributed by atoms with E-state index in [1.807, 2.05) is 30.3 Å². The predicted octanol–water partition coefficient (Wildman–Crippen LogP) is 2.56. The number of benzene rings is 1. The molecule has 1 saturated carbocycles. The second kappa shape index (κ2) is 7.32. The van der Waals surface area contributed by atoms with Crippen LogP contribution in [-0.2, 0) is 16.0 Å². The summed E-state index contributed by atoms with van der Waals surface area (Å²) in [5.74, 6) is -0.387. The average Bonchev–Trinajstić information content (AvgIpc) is 3.43. The quantitative estimate of drug-likeness (QED) is 0.631. The van der Waals surface area contributed by atoms with Gasteiger partial charge in [0.2, 0.25) is 11.8 Å². The molecule has 152 valence electrons. The van der Waals surface area contributed by atoms with Gasteiger partial charge in [0.05, 0.1) is 11.8 Å². The number of amides is 4. The van der Waals surface area contributed by atoms with Gasteiger partial charge in [-0.25, -0.2) is 4.79 Å². The topological polar surface area (TPSA) is 69.7 Å². The molecule has 0 aromatic heterocycles. The fourth-order valence-corrected chi connectivity index (χ4v) is 5.61. The SMILES string of the molecule is O=C(NC(Cc1ccccc1)N1C(=O)C2C3C=CC(C3)C2C1=O)N1CCCCC1. The van der Waals surface area contributed by atoms with Crippen LogP contribution in [0.2, 0.25) is 0 Å². The maximum atomic E-state index is 13.3. The highest BCUT2D eigenvalue weighted by Crippen LogP contribution is 2.52. The minimum atomic E-state index is -0.642. The van der Waals surface area contributed by atoms with E-state index >= 15 is 0 Å². The summed E-state index contributed by atoms with van der Waals surface area (Å²) >= 11 is 0. The number of urea groups is 1. The van der Waals surface area contributed by atoms with E-state index < -0.39 is 6.17 Å². The Bertz CT molecular complexity index is 816. The van der Waals surface area contributed by atoms with Crippen LogP contribution in [0, 0.1) is 23.7 Å². The highest BCUT2D eigenvalue weighted by Gasteiger charge is 2.60. The molecule has 4 amide bonds. The summed E-state index contributed by atoms with van der Waals surface area (Å²) in [5.41, 5.74) is 0.996. The zero-order valence-electron chi connectivity index (χ0n) is 16.5. The van der Waals surface area contributed by atoms with Crippen LogP contribution < -0.4 is 5.32 Å². The van der Waals surface area contributed by atoms with E-state index in [0.717, 1.165) is 44.3 Å². The van der Waals surface area contributed by atoms with Crippen LogP contribution in [-0.4, -0.2) is 46.9 Å². The fourth-order valence-electron chi connectivity index (χ4n) is 5.61. The zero-order valence-corrected chi connectivity index (χ0v) is 16.5. The lowest BCUT2D eigenvalue weighted by molar-refractivity contribution is -0.143. The van der Waals surface area contributed by atoms with Crippen molar-refractivity contribution >= 4 is 17.8 Å². The molecule has 1 aromatic rings. The van der Waals surface area contributed by atoms with Gasteiger partial charge in [-0.05, 0) is 43.1 Å². The Morgan fingerprint density at radius 3 is 2.21 bits per heavy atom. The summed E-state index contributed by atoms with van der Waals surface area (Å²) in [6, 6.07) is 9.57. The first kappa shape index (κ1) is 18.4. The van der Waals surface area contributed by atoms with E-state index in [1.54, 1.807) is 4.90 Å². The molecular weight excluding hydrogens is 366 g/mol. The molecule has 2 saturated heterocycles. The molecule has 2 bridgehead atoms. The lowest BCUT2D eigenvalue weighted by atomic mass is 9.85. The number of imide groups is 1. The number of hydrogen-bond donors (Lipinski definition) is 1. The van der Waals surface area contributed by atoms with Gasteiger partial charge >= 0.3 is 6.03 Å². The molecule has 6 nitrogen and oxygen atoms in total. The third-order valence-electron chi connectivity index (χ3n) is 7.02. The first-order chi connectivity index (χ1) is 14.1. The average molecular weight is 393 g/mol. The number of allylic oxidation sites excluding steroid dienone is 2. The van der Waals surface area contributed by atoms with Gasteiger partial charge in [0.25, 0.3) is 0 Å². The third-order valence-corrected chi connectivity index (χ3v) is 7.02. The summed E-state index contributed by atoms with van der Waals surface area (Å²) in [6.45, 7) is 1.45. The number of fused-ring (bicyclic) bond motifs is 5.